The summed E-state index contributed by atoms with van der Waals surface area (Å²) < 4.78 is 6.99. The van der Waals surface area contributed by atoms with Gasteiger partial charge in [-0.3, -0.25) is 14.3 Å². The van der Waals surface area contributed by atoms with E-state index in [-0.39, 0.29) is 11.8 Å². The van der Waals surface area contributed by atoms with Gasteiger partial charge in [0, 0.05) is 24.1 Å². The molecule has 1 aromatic heterocycles. The van der Waals surface area contributed by atoms with Gasteiger partial charge >= 0.3 is 0 Å². The standard InChI is InChI=1S/C24H24Cl2N4O3/c1-5-13-10-15(7-9-18(13)33-4)23(31)27-21-20(14-6-8-16(25)17(26)11-14)19-12(2)29-30(3)22(19)28-24(21)32/h6-11,20-21H,5H2,1-4H3,(H,27,31)(H,28,32)/t20-,21-/m0/s1. The molecule has 1 aliphatic heterocycles. The number of hydrogen-bond donors (Lipinski definition) is 2. The van der Waals surface area contributed by atoms with Crippen molar-refractivity contribution in [1.29, 1.82) is 0 Å². The molecule has 2 aromatic carbocycles. The highest BCUT2D eigenvalue weighted by Gasteiger charge is 2.41. The minimum atomic E-state index is -0.877. The fourth-order valence-electron chi connectivity index (χ4n) is 4.34. The fourth-order valence-corrected chi connectivity index (χ4v) is 4.65. The topological polar surface area (TPSA) is 85.3 Å². The molecule has 2 atom stereocenters. The van der Waals surface area contributed by atoms with Crippen LogP contribution in [-0.4, -0.2) is 34.7 Å². The third-order valence-electron chi connectivity index (χ3n) is 5.95. The van der Waals surface area contributed by atoms with Crippen molar-refractivity contribution >= 4 is 40.8 Å². The van der Waals surface area contributed by atoms with Crippen LogP contribution in [0.25, 0.3) is 0 Å². The summed E-state index contributed by atoms with van der Waals surface area (Å²) in [7, 11) is 3.36. The molecular weight excluding hydrogens is 463 g/mol. The Kier molecular flexibility index (Phi) is 6.36. The van der Waals surface area contributed by atoms with Crippen LogP contribution in [0.5, 0.6) is 5.75 Å². The first-order chi connectivity index (χ1) is 15.7. The average Bonchev–Trinajstić information content (AvgIpc) is 3.08. The van der Waals surface area contributed by atoms with E-state index in [1.807, 2.05) is 19.9 Å². The number of carbonyl (C=O) groups is 2. The maximum absolute atomic E-state index is 13.2. The van der Waals surface area contributed by atoms with Crippen LogP contribution in [-0.2, 0) is 18.3 Å². The van der Waals surface area contributed by atoms with Crippen LogP contribution in [0.3, 0.4) is 0 Å². The van der Waals surface area contributed by atoms with Gasteiger partial charge < -0.3 is 15.4 Å². The highest BCUT2D eigenvalue weighted by molar-refractivity contribution is 6.42. The molecule has 1 aliphatic rings. The number of anilines is 1. The van der Waals surface area contributed by atoms with E-state index in [0.29, 0.717) is 33.6 Å². The predicted octanol–water partition coefficient (Wildman–Crippen LogP) is 4.49. The van der Waals surface area contributed by atoms with E-state index in [2.05, 4.69) is 15.7 Å². The SMILES string of the molecule is CCc1cc(C(=O)N[C@@H]2C(=O)Nc3c(c(C)nn3C)[C@@H]2c2ccc(Cl)c(Cl)c2)ccc1OC. The van der Waals surface area contributed by atoms with Crippen molar-refractivity contribution in [1.82, 2.24) is 15.1 Å². The van der Waals surface area contributed by atoms with E-state index in [1.54, 1.807) is 49.2 Å². The molecule has 4 rings (SSSR count). The largest absolute Gasteiger partial charge is 0.496 e. The zero-order chi connectivity index (χ0) is 23.9. The second kappa shape index (κ2) is 9.08. The molecule has 2 amide bonds. The molecule has 2 heterocycles. The molecule has 0 radical (unpaired) electrons. The van der Waals surface area contributed by atoms with Gasteiger partial charge in [-0.25, -0.2) is 0 Å². The van der Waals surface area contributed by atoms with Gasteiger partial charge in [0.25, 0.3) is 5.91 Å². The highest BCUT2D eigenvalue weighted by atomic mass is 35.5. The molecule has 0 unspecified atom stereocenters. The van der Waals surface area contributed by atoms with Gasteiger partial charge in [-0.2, -0.15) is 5.10 Å². The zero-order valence-corrected chi connectivity index (χ0v) is 20.2. The summed E-state index contributed by atoms with van der Waals surface area (Å²) in [6.07, 6.45) is 0.707. The van der Waals surface area contributed by atoms with Crippen molar-refractivity contribution in [3.63, 3.8) is 0 Å². The summed E-state index contributed by atoms with van der Waals surface area (Å²) >= 11 is 12.4. The van der Waals surface area contributed by atoms with Crippen LogP contribution in [0.2, 0.25) is 10.0 Å². The Labute approximate surface area is 202 Å². The predicted molar refractivity (Wildman–Crippen MR) is 129 cm³/mol. The number of rotatable bonds is 5. The van der Waals surface area contributed by atoms with Crippen molar-refractivity contribution in [2.75, 3.05) is 12.4 Å². The minimum Gasteiger partial charge on any atom is -0.496 e. The molecule has 2 N–H and O–H groups in total. The summed E-state index contributed by atoms with van der Waals surface area (Å²) in [6.45, 7) is 3.86. The van der Waals surface area contributed by atoms with Crippen LogP contribution in [0.4, 0.5) is 5.82 Å². The molecule has 0 aliphatic carbocycles. The lowest BCUT2D eigenvalue weighted by Crippen LogP contribution is -2.50. The normalized spacial score (nSPS) is 17.3. The molecule has 9 heteroatoms. The lowest BCUT2D eigenvalue weighted by molar-refractivity contribution is -0.118. The summed E-state index contributed by atoms with van der Waals surface area (Å²) in [6, 6.07) is 9.58. The molecule has 7 nitrogen and oxygen atoms in total. The number of methoxy groups -OCH3 is 1. The van der Waals surface area contributed by atoms with Gasteiger partial charge in [-0.1, -0.05) is 36.2 Å². The minimum absolute atomic E-state index is 0.334. The Bertz CT molecular complexity index is 1250. The van der Waals surface area contributed by atoms with Crippen LogP contribution in [0.15, 0.2) is 36.4 Å². The zero-order valence-electron chi connectivity index (χ0n) is 18.7. The number of nitrogens with zero attached hydrogens (tertiary/aromatic N) is 2. The molecule has 0 spiro atoms. The lowest BCUT2D eigenvalue weighted by atomic mass is 9.82. The Morgan fingerprint density at radius 3 is 2.64 bits per heavy atom. The van der Waals surface area contributed by atoms with E-state index in [0.717, 1.165) is 22.4 Å². The first-order valence-corrected chi connectivity index (χ1v) is 11.3. The lowest BCUT2D eigenvalue weighted by Gasteiger charge is -2.32. The smallest absolute Gasteiger partial charge is 0.251 e. The Morgan fingerprint density at radius 1 is 1.21 bits per heavy atom. The average molecular weight is 487 g/mol. The molecule has 0 fully saturated rings. The number of aromatic nitrogens is 2. The number of carbonyl (C=O) groups excluding carboxylic acids is 2. The van der Waals surface area contributed by atoms with E-state index >= 15 is 0 Å². The van der Waals surface area contributed by atoms with Gasteiger partial charge in [0.2, 0.25) is 5.91 Å². The summed E-state index contributed by atoms with van der Waals surface area (Å²) in [5, 5.41) is 11.1. The van der Waals surface area contributed by atoms with Crippen molar-refractivity contribution in [2.24, 2.45) is 7.05 Å². The number of hydrogen-bond acceptors (Lipinski definition) is 4. The molecule has 0 saturated carbocycles. The number of halogens is 2. The number of aryl methyl sites for hydroxylation is 3. The highest BCUT2D eigenvalue weighted by Crippen LogP contribution is 2.40. The van der Waals surface area contributed by atoms with Gasteiger partial charge in [0.1, 0.15) is 17.6 Å². The molecular formula is C24H24Cl2N4O3. The van der Waals surface area contributed by atoms with E-state index in [1.165, 1.54) is 0 Å². The monoisotopic (exact) mass is 486 g/mol. The summed E-state index contributed by atoms with van der Waals surface area (Å²) in [4.78, 5) is 26.4. The third kappa shape index (κ3) is 4.18. The fraction of sp³-hybridized carbons (Fsp3) is 0.292. The Morgan fingerprint density at radius 2 is 1.97 bits per heavy atom. The van der Waals surface area contributed by atoms with E-state index in [9.17, 15) is 9.59 Å². The van der Waals surface area contributed by atoms with Gasteiger partial charge in [-0.05, 0) is 54.8 Å². The first-order valence-electron chi connectivity index (χ1n) is 10.5. The van der Waals surface area contributed by atoms with Crippen molar-refractivity contribution < 1.29 is 14.3 Å². The van der Waals surface area contributed by atoms with Crippen molar-refractivity contribution in [3.05, 3.63) is 74.4 Å². The number of fused-ring (bicyclic) bond motifs is 1. The summed E-state index contributed by atoms with van der Waals surface area (Å²) in [5.74, 6) is 0.123. The number of amides is 2. The quantitative estimate of drug-likeness (QED) is 0.556. The maximum atomic E-state index is 13.2. The van der Waals surface area contributed by atoms with Gasteiger partial charge in [0.05, 0.1) is 22.8 Å². The summed E-state index contributed by atoms with van der Waals surface area (Å²) in [5.41, 5.74) is 3.68. The third-order valence-corrected chi connectivity index (χ3v) is 6.69. The molecule has 172 valence electrons. The Balaban J connectivity index is 1.77. The van der Waals surface area contributed by atoms with Crippen LogP contribution in [0, 0.1) is 6.92 Å². The molecule has 3 aromatic rings. The number of ether oxygens (including phenoxy) is 1. The van der Waals surface area contributed by atoms with Crippen molar-refractivity contribution in [2.45, 2.75) is 32.2 Å². The van der Waals surface area contributed by atoms with Crippen LogP contribution in [0.1, 0.15) is 45.6 Å². The van der Waals surface area contributed by atoms with Gasteiger partial charge in [0.15, 0.2) is 0 Å². The molecule has 0 bridgehead atoms. The maximum Gasteiger partial charge on any atom is 0.251 e. The van der Waals surface area contributed by atoms with E-state index < -0.39 is 12.0 Å². The van der Waals surface area contributed by atoms with Crippen molar-refractivity contribution in [3.8, 4) is 5.75 Å². The second-order valence-electron chi connectivity index (χ2n) is 7.94. The Hall–Kier alpha value is -3.03. The second-order valence-corrected chi connectivity index (χ2v) is 8.76. The molecule has 0 saturated heterocycles. The molecule has 33 heavy (non-hydrogen) atoms. The van der Waals surface area contributed by atoms with Gasteiger partial charge in [-0.15, -0.1) is 0 Å². The van der Waals surface area contributed by atoms with E-state index in [4.69, 9.17) is 27.9 Å². The van der Waals surface area contributed by atoms with Crippen LogP contribution < -0.4 is 15.4 Å². The first kappa shape index (κ1) is 23.1. The van der Waals surface area contributed by atoms with Crippen LogP contribution >= 0.6 is 23.2 Å². The number of nitrogens with one attached hydrogen (secondary N) is 2. The number of benzene rings is 2.